The normalized spacial score (nSPS) is 9.31. The van der Waals surface area contributed by atoms with E-state index < -0.39 is 5.97 Å². The predicted octanol–water partition coefficient (Wildman–Crippen LogP) is 0.00117. The Balaban J connectivity index is 2.93. The molecule has 1 rings (SSSR count). The van der Waals surface area contributed by atoms with Crippen LogP contribution in [0.5, 0.6) is 0 Å². The third kappa shape index (κ3) is 2.03. The number of nitrogens with one attached hydrogen (secondary N) is 1. The largest absolute Gasteiger partial charge is 0.384 e. The maximum Gasteiger partial charge on any atom is 0.356 e. The van der Waals surface area contributed by atoms with Crippen LogP contribution in [-0.4, -0.2) is 11.8 Å². The molecular weight excluding hydrogens is 170 g/mol. The molecule has 1 aromatic rings. The van der Waals surface area contributed by atoms with Gasteiger partial charge in [0, 0.05) is 5.56 Å². The summed E-state index contributed by atoms with van der Waals surface area (Å²) in [6, 6.07) is 6.08. The summed E-state index contributed by atoms with van der Waals surface area (Å²) in [4.78, 5) is 14.9. The van der Waals surface area contributed by atoms with E-state index in [0.29, 0.717) is 11.1 Å². The summed E-state index contributed by atoms with van der Waals surface area (Å²) in [6.07, 6.45) is 0. The first-order valence-corrected chi connectivity index (χ1v) is 3.50. The number of hydrogen-bond acceptors (Lipinski definition) is 4. The first-order chi connectivity index (χ1) is 6.15. The molecule has 5 nitrogen and oxygen atoms in total. The number of hydrogen-bond donors (Lipinski definition) is 3. The third-order valence-electron chi connectivity index (χ3n) is 1.54. The number of carbonyl (C=O) groups is 1. The molecule has 5 heteroatoms. The van der Waals surface area contributed by atoms with E-state index in [4.69, 9.17) is 11.1 Å². The summed E-state index contributed by atoms with van der Waals surface area (Å²) in [5.74, 6) is 4.02. The minimum Gasteiger partial charge on any atom is -0.384 e. The second-order valence-electron chi connectivity index (χ2n) is 2.40. The number of amidine groups is 1. The van der Waals surface area contributed by atoms with Crippen molar-refractivity contribution in [2.24, 2.45) is 11.6 Å². The Kier molecular flexibility index (Phi) is 2.61. The molecule has 0 bridgehead atoms. The quantitative estimate of drug-likeness (QED) is 0.338. The molecular formula is C8H9N3O2. The SMILES string of the molecule is N=C(N)c1ccc(C(=O)ON)cc1. The first kappa shape index (κ1) is 9.21. The lowest BCUT2D eigenvalue weighted by atomic mass is 10.1. The van der Waals surface area contributed by atoms with Crippen LogP contribution in [0.1, 0.15) is 15.9 Å². The summed E-state index contributed by atoms with van der Waals surface area (Å²) in [5.41, 5.74) is 6.09. The third-order valence-corrected chi connectivity index (χ3v) is 1.54. The molecule has 0 fully saturated rings. The van der Waals surface area contributed by atoms with Crippen molar-refractivity contribution in [3.05, 3.63) is 35.4 Å². The Labute approximate surface area is 74.8 Å². The van der Waals surface area contributed by atoms with Gasteiger partial charge >= 0.3 is 5.97 Å². The topological polar surface area (TPSA) is 102 Å². The lowest BCUT2D eigenvalue weighted by Gasteiger charge is -1.99. The molecule has 0 aliphatic carbocycles. The van der Waals surface area contributed by atoms with Crippen molar-refractivity contribution in [2.75, 3.05) is 0 Å². The molecule has 0 saturated heterocycles. The lowest BCUT2D eigenvalue weighted by molar-refractivity contribution is 0.0503. The fourth-order valence-corrected chi connectivity index (χ4v) is 0.854. The highest BCUT2D eigenvalue weighted by atomic mass is 16.7. The van der Waals surface area contributed by atoms with Crippen molar-refractivity contribution in [1.82, 2.24) is 0 Å². The van der Waals surface area contributed by atoms with Crippen LogP contribution in [0.3, 0.4) is 0 Å². The molecule has 0 aromatic heterocycles. The van der Waals surface area contributed by atoms with Crippen LogP contribution in [0.2, 0.25) is 0 Å². The van der Waals surface area contributed by atoms with E-state index in [1.165, 1.54) is 12.1 Å². The van der Waals surface area contributed by atoms with Gasteiger partial charge < -0.3 is 10.6 Å². The molecule has 0 radical (unpaired) electrons. The van der Waals surface area contributed by atoms with Crippen LogP contribution >= 0.6 is 0 Å². The number of nitrogens with two attached hydrogens (primary N) is 2. The van der Waals surface area contributed by atoms with Gasteiger partial charge in [-0.25, -0.2) is 4.79 Å². The number of nitrogen functional groups attached to an aromatic ring is 1. The number of carbonyl (C=O) groups excluding carboxylic acids is 1. The zero-order valence-corrected chi connectivity index (χ0v) is 6.78. The van der Waals surface area contributed by atoms with Gasteiger partial charge in [-0.05, 0) is 12.1 Å². The number of rotatable bonds is 2. The van der Waals surface area contributed by atoms with E-state index in [0.717, 1.165) is 0 Å². The minimum absolute atomic E-state index is 0.0485. The molecule has 0 aliphatic rings. The van der Waals surface area contributed by atoms with E-state index in [-0.39, 0.29) is 5.84 Å². The van der Waals surface area contributed by atoms with Crippen LogP contribution in [0, 0.1) is 5.41 Å². The van der Waals surface area contributed by atoms with Gasteiger partial charge in [0.05, 0.1) is 5.56 Å². The molecule has 13 heavy (non-hydrogen) atoms. The van der Waals surface area contributed by atoms with Gasteiger partial charge in [-0.15, -0.1) is 0 Å². The minimum atomic E-state index is -0.616. The van der Waals surface area contributed by atoms with E-state index in [2.05, 4.69) is 10.7 Å². The molecule has 0 unspecified atom stereocenters. The van der Waals surface area contributed by atoms with E-state index in [1.807, 2.05) is 0 Å². The van der Waals surface area contributed by atoms with Crippen molar-refractivity contribution < 1.29 is 9.63 Å². The number of benzene rings is 1. The van der Waals surface area contributed by atoms with E-state index in [9.17, 15) is 4.79 Å². The summed E-state index contributed by atoms with van der Waals surface area (Å²) in [7, 11) is 0. The van der Waals surface area contributed by atoms with Gasteiger partial charge in [0.1, 0.15) is 5.84 Å². The van der Waals surface area contributed by atoms with Gasteiger partial charge in [-0.1, -0.05) is 12.1 Å². The van der Waals surface area contributed by atoms with Gasteiger partial charge in [-0.2, -0.15) is 5.90 Å². The fraction of sp³-hybridized carbons (Fsp3) is 0. The lowest BCUT2D eigenvalue weighted by Crippen LogP contribution is -2.13. The Hall–Kier alpha value is -1.88. The molecule has 0 saturated carbocycles. The highest BCUT2D eigenvalue weighted by Gasteiger charge is 2.05. The predicted molar refractivity (Wildman–Crippen MR) is 47.1 cm³/mol. The molecule has 0 spiro atoms. The van der Waals surface area contributed by atoms with E-state index in [1.54, 1.807) is 12.1 Å². The van der Waals surface area contributed by atoms with Crippen LogP contribution in [0.15, 0.2) is 24.3 Å². The summed E-state index contributed by atoms with van der Waals surface area (Å²) in [6.45, 7) is 0. The molecule has 1 aromatic carbocycles. The van der Waals surface area contributed by atoms with Crippen molar-refractivity contribution in [2.45, 2.75) is 0 Å². The second kappa shape index (κ2) is 3.68. The maximum absolute atomic E-state index is 10.9. The van der Waals surface area contributed by atoms with Gasteiger partial charge in [0.2, 0.25) is 0 Å². The molecule has 68 valence electrons. The zero-order valence-electron chi connectivity index (χ0n) is 6.78. The maximum atomic E-state index is 10.9. The fourth-order valence-electron chi connectivity index (χ4n) is 0.854. The molecule has 0 atom stereocenters. The Bertz CT molecular complexity index is 332. The van der Waals surface area contributed by atoms with E-state index >= 15 is 0 Å². The van der Waals surface area contributed by atoms with Crippen molar-refractivity contribution in [1.29, 1.82) is 5.41 Å². The van der Waals surface area contributed by atoms with Crippen LogP contribution in [0.25, 0.3) is 0 Å². The van der Waals surface area contributed by atoms with Gasteiger partial charge in [0.25, 0.3) is 0 Å². The Morgan fingerprint density at radius 1 is 1.23 bits per heavy atom. The van der Waals surface area contributed by atoms with Crippen LogP contribution in [0.4, 0.5) is 0 Å². The molecule has 0 aliphatic heterocycles. The standard InChI is InChI=1S/C8H9N3O2/c9-7(10)5-1-3-6(4-2-5)8(12)13-11/h1-4H,11H2,(H3,9,10). The van der Waals surface area contributed by atoms with Gasteiger partial charge in [-0.3, -0.25) is 5.41 Å². The average molecular weight is 179 g/mol. The van der Waals surface area contributed by atoms with Crippen LogP contribution in [-0.2, 0) is 4.84 Å². The highest BCUT2D eigenvalue weighted by molar-refractivity contribution is 5.96. The summed E-state index contributed by atoms with van der Waals surface area (Å²) < 4.78 is 0. The molecule has 5 N–H and O–H groups in total. The molecule has 0 heterocycles. The van der Waals surface area contributed by atoms with Crippen LogP contribution < -0.4 is 11.6 Å². The molecule has 0 amide bonds. The Morgan fingerprint density at radius 3 is 2.08 bits per heavy atom. The zero-order chi connectivity index (χ0) is 9.84. The van der Waals surface area contributed by atoms with Crippen molar-refractivity contribution in [3.63, 3.8) is 0 Å². The van der Waals surface area contributed by atoms with Crippen molar-refractivity contribution in [3.8, 4) is 0 Å². The van der Waals surface area contributed by atoms with Crippen molar-refractivity contribution >= 4 is 11.8 Å². The summed E-state index contributed by atoms with van der Waals surface area (Å²) in [5, 5.41) is 7.09. The van der Waals surface area contributed by atoms with Gasteiger partial charge in [0.15, 0.2) is 0 Å². The average Bonchev–Trinajstić information content (AvgIpc) is 2.17. The second-order valence-corrected chi connectivity index (χ2v) is 2.40. The monoisotopic (exact) mass is 179 g/mol. The Morgan fingerprint density at radius 2 is 1.69 bits per heavy atom. The highest BCUT2D eigenvalue weighted by Crippen LogP contribution is 2.04. The summed E-state index contributed by atoms with van der Waals surface area (Å²) >= 11 is 0. The first-order valence-electron chi connectivity index (χ1n) is 3.50. The smallest absolute Gasteiger partial charge is 0.356 e.